The second kappa shape index (κ2) is 8.08. The summed E-state index contributed by atoms with van der Waals surface area (Å²) in [6.07, 6.45) is 1.03. The molecule has 8 heteroatoms. The van der Waals surface area contributed by atoms with Crippen molar-refractivity contribution in [3.63, 3.8) is 0 Å². The molecular formula is C14H19F2N4O2+. The summed E-state index contributed by atoms with van der Waals surface area (Å²) in [7, 11) is 0. The van der Waals surface area contributed by atoms with E-state index in [4.69, 9.17) is 5.73 Å². The van der Waals surface area contributed by atoms with Crippen LogP contribution < -0.4 is 16.8 Å². The number of rotatable bonds is 7. The van der Waals surface area contributed by atoms with E-state index < -0.39 is 23.3 Å². The molecule has 0 bridgehead atoms. The number of ketones is 1. The highest BCUT2D eigenvalue weighted by molar-refractivity contribution is 6.46. The summed E-state index contributed by atoms with van der Waals surface area (Å²) in [4.78, 5) is 25.6. The summed E-state index contributed by atoms with van der Waals surface area (Å²) >= 11 is 0. The van der Waals surface area contributed by atoms with Crippen LogP contribution >= 0.6 is 0 Å². The van der Waals surface area contributed by atoms with E-state index in [9.17, 15) is 18.4 Å². The zero-order valence-corrected chi connectivity index (χ0v) is 12.2. The quantitative estimate of drug-likeness (QED) is 0.480. The smallest absolute Gasteiger partial charge is 0.298 e. The van der Waals surface area contributed by atoms with Crippen molar-refractivity contribution in [1.29, 1.82) is 0 Å². The Labute approximate surface area is 126 Å². The molecule has 0 aliphatic heterocycles. The van der Waals surface area contributed by atoms with Crippen molar-refractivity contribution in [2.24, 2.45) is 5.73 Å². The molecule has 120 valence electrons. The van der Waals surface area contributed by atoms with Gasteiger partial charge in [0, 0.05) is 24.5 Å². The highest BCUT2D eigenvalue weighted by Crippen LogP contribution is 2.14. The third-order valence-corrected chi connectivity index (χ3v) is 2.87. The lowest BCUT2D eigenvalue weighted by molar-refractivity contribution is -0.368. The fourth-order valence-corrected chi connectivity index (χ4v) is 1.89. The number of likely N-dealkylation sites (N-methyl/N-ethyl adjacent to an activating group) is 1. The fraction of sp³-hybridized carbons (Fsp3) is 0.286. The maximum atomic E-state index is 13.1. The number of nitrogens with one attached hydrogen (secondary N) is 1. The van der Waals surface area contributed by atoms with E-state index in [0.29, 0.717) is 25.7 Å². The van der Waals surface area contributed by atoms with Gasteiger partial charge in [-0.15, -0.1) is 0 Å². The molecule has 6 nitrogen and oxygen atoms in total. The summed E-state index contributed by atoms with van der Waals surface area (Å²) in [5, 5.41) is 2.15. The molecule has 22 heavy (non-hydrogen) atoms. The first kappa shape index (κ1) is 17.6. The molecular weight excluding hydrogens is 294 g/mol. The van der Waals surface area contributed by atoms with Gasteiger partial charge in [0.2, 0.25) is 0 Å². The molecule has 1 aromatic carbocycles. The molecule has 0 saturated carbocycles. The van der Waals surface area contributed by atoms with Crippen molar-refractivity contribution in [2.45, 2.75) is 6.92 Å². The maximum absolute atomic E-state index is 13.1. The van der Waals surface area contributed by atoms with Gasteiger partial charge in [-0.3, -0.25) is 9.59 Å². The number of Topliss-reactive ketones (excluding diaryl/α,β-unsaturated/α-hetero) is 1. The molecule has 6 N–H and O–H groups in total. The normalized spacial score (nSPS) is 11.2. The Balaban J connectivity index is 2.89. The first-order valence-corrected chi connectivity index (χ1v) is 6.70. The Bertz CT molecular complexity index is 570. The summed E-state index contributed by atoms with van der Waals surface area (Å²) in [6.45, 7) is 3.24. The molecule has 1 rings (SSSR count). The average molecular weight is 313 g/mol. The molecule has 0 heterocycles. The minimum Gasteiger partial charge on any atom is -0.403 e. The van der Waals surface area contributed by atoms with Gasteiger partial charge in [0.25, 0.3) is 11.7 Å². The van der Waals surface area contributed by atoms with Crippen LogP contribution in [0, 0.1) is 11.6 Å². The highest BCUT2D eigenvalue weighted by Gasteiger charge is 2.23. The van der Waals surface area contributed by atoms with Crippen molar-refractivity contribution in [3.05, 3.63) is 41.7 Å². The summed E-state index contributed by atoms with van der Waals surface area (Å²) in [5.41, 5.74) is 8.96. The highest BCUT2D eigenvalue weighted by atomic mass is 19.1. The number of amides is 1. The molecule has 0 saturated heterocycles. The van der Waals surface area contributed by atoms with Crippen molar-refractivity contribution >= 4 is 17.4 Å². The minimum atomic E-state index is -1.02. The van der Waals surface area contributed by atoms with E-state index in [0.717, 1.165) is 18.3 Å². The summed E-state index contributed by atoms with van der Waals surface area (Å²) in [6, 6.07) is 2.48. The number of carbonyl (C=O) groups excluding carboxylic acids is 2. The number of carbonyl (C=O) groups is 2. The number of nitrogens with zero attached hydrogens (tertiary/aromatic N) is 1. The van der Waals surface area contributed by atoms with E-state index in [1.54, 1.807) is 11.8 Å². The Morgan fingerprint density at radius 2 is 1.91 bits per heavy atom. The van der Waals surface area contributed by atoms with Gasteiger partial charge in [0.05, 0.1) is 13.1 Å². The zero-order chi connectivity index (χ0) is 16.7. The minimum absolute atomic E-state index is 0.0144. The third kappa shape index (κ3) is 4.52. The predicted octanol–water partition coefficient (Wildman–Crippen LogP) is -0.164. The van der Waals surface area contributed by atoms with Crippen LogP contribution in [0.4, 0.5) is 14.5 Å². The molecule has 0 atom stereocenters. The number of anilines is 1. The van der Waals surface area contributed by atoms with Crippen LogP contribution in [0.15, 0.2) is 30.1 Å². The fourth-order valence-electron chi connectivity index (χ4n) is 1.89. The standard InChI is InChI=1S/C14H18F2N4O2/c1-2-20(4-3-17)12(8-18)13(21)14(22)19-11-6-9(15)5-10(16)7-11/h5-8H,2-4,17-18H2,1H3,(H,19,22)/p+1. The van der Waals surface area contributed by atoms with E-state index in [-0.39, 0.29) is 11.4 Å². The van der Waals surface area contributed by atoms with Gasteiger partial charge in [0.15, 0.2) is 0 Å². The number of benzene rings is 1. The topological polar surface area (TPSA) is 103 Å². The first-order chi connectivity index (χ1) is 10.4. The molecule has 0 aromatic heterocycles. The molecule has 0 aliphatic carbocycles. The Morgan fingerprint density at radius 1 is 1.32 bits per heavy atom. The van der Waals surface area contributed by atoms with E-state index in [1.165, 1.54) is 0 Å². The zero-order valence-electron chi connectivity index (χ0n) is 12.2. The van der Waals surface area contributed by atoms with E-state index in [2.05, 4.69) is 11.1 Å². The summed E-state index contributed by atoms with van der Waals surface area (Å²) in [5.74, 6) is -3.62. The van der Waals surface area contributed by atoms with Gasteiger partial charge in [-0.05, 0) is 19.1 Å². The largest absolute Gasteiger partial charge is 0.403 e. The van der Waals surface area contributed by atoms with Gasteiger partial charge < -0.3 is 21.7 Å². The van der Waals surface area contributed by atoms with Gasteiger partial charge in [-0.25, -0.2) is 8.78 Å². The lowest BCUT2D eigenvalue weighted by atomic mass is 10.2. The van der Waals surface area contributed by atoms with Crippen LogP contribution in [0.3, 0.4) is 0 Å². The maximum Gasteiger partial charge on any atom is 0.298 e. The Morgan fingerprint density at radius 3 is 2.36 bits per heavy atom. The third-order valence-electron chi connectivity index (χ3n) is 2.87. The lowest BCUT2D eigenvalue weighted by Gasteiger charge is -2.22. The molecule has 0 radical (unpaired) electrons. The van der Waals surface area contributed by atoms with Crippen molar-refractivity contribution in [1.82, 2.24) is 4.90 Å². The average Bonchev–Trinajstić information content (AvgIpc) is 2.45. The van der Waals surface area contributed by atoms with E-state index in [1.807, 2.05) is 0 Å². The van der Waals surface area contributed by atoms with Crippen molar-refractivity contribution in [3.8, 4) is 0 Å². The number of quaternary nitrogens is 1. The number of hydrogen-bond acceptors (Lipinski definition) is 4. The van der Waals surface area contributed by atoms with Crippen LogP contribution in [0.25, 0.3) is 0 Å². The molecule has 0 unspecified atom stereocenters. The van der Waals surface area contributed by atoms with Crippen LogP contribution in [0.1, 0.15) is 6.92 Å². The number of halogens is 2. The SMILES string of the molecule is CCN(CC[NH3+])C(=CN)C(=O)C(=O)Nc1cc(F)cc(F)c1. The van der Waals surface area contributed by atoms with Gasteiger partial charge in [-0.1, -0.05) is 0 Å². The molecule has 0 fully saturated rings. The predicted molar refractivity (Wildman–Crippen MR) is 77.3 cm³/mol. The van der Waals surface area contributed by atoms with Gasteiger partial charge in [-0.2, -0.15) is 0 Å². The monoisotopic (exact) mass is 313 g/mol. The summed E-state index contributed by atoms with van der Waals surface area (Å²) < 4.78 is 26.1. The number of nitrogens with two attached hydrogens (primary N) is 1. The lowest BCUT2D eigenvalue weighted by Crippen LogP contribution is -2.55. The Kier molecular flexibility index (Phi) is 6.46. The van der Waals surface area contributed by atoms with Crippen LogP contribution in [-0.2, 0) is 9.59 Å². The van der Waals surface area contributed by atoms with Crippen molar-refractivity contribution < 1.29 is 24.1 Å². The second-order valence-corrected chi connectivity index (χ2v) is 4.43. The second-order valence-electron chi connectivity index (χ2n) is 4.43. The molecule has 1 aromatic rings. The van der Waals surface area contributed by atoms with Crippen LogP contribution in [0.5, 0.6) is 0 Å². The van der Waals surface area contributed by atoms with E-state index >= 15 is 0 Å². The molecule has 0 spiro atoms. The van der Waals surface area contributed by atoms with Gasteiger partial charge in [0.1, 0.15) is 17.3 Å². The Hall–Kier alpha value is -2.48. The number of hydrogen-bond donors (Lipinski definition) is 3. The molecule has 0 aliphatic rings. The van der Waals surface area contributed by atoms with Crippen molar-refractivity contribution in [2.75, 3.05) is 25.0 Å². The van der Waals surface area contributed by atoms with Gasteiger partial charge >= 0.3 is 0 Å². The molecule has 1 amide bonds. The first-order valence-electron chi connectivity index (χ1n) is 6.70. The van der Waals surface area contributed by atoms with Crippen LogP contribution in [-0.4, -0.2) is 36.2 Å². The van der Waals surface area contributed by atoms with Crippen LogP contribution in [0.2, 0.25) is 0 Å².